The van der Waals surface area contributed by atoms with Crippen molar-refractivity contribution >= 4 is 51.7 Å². The van der Waals surface area contributed by atoms with Crippen molar-refractivity contribution in [3.8, 4) is 11.3 Å². The molecule has 0 bridgehead atoms. The zero-order valence-electron chi connectivity index (χ0n) is 23.7. The van der Waals surface area contributed by atoms with Gasteiger partial charge in [0, 0.05) is 61.1 Å². The van der Waals surface area contributed by atoms with Crippen molar-refractivity contribution in [3.05, 3.63) is 88.7 Å². The molecule has 1 fully saturated rings. The molecule has 0 aliphatic carbocycles. The molecule has 43 heavy (non-hydrogen) atoms. The number of carbonyl (C=O) groups excluding carboxylic acids is 2. The molecule has 2 N–H and O–H groups in total. The van der Waals surface area contributed by atoms with E-state index in [1.54, 1.807) is 41.4 Å². The molecule has 1 unspecified atom stereocenters. The molecule has 1 aliphatic rings. The first kappa shape index (κ1) is 28.8. The number of carbonyl (C=O) groups is 2. The van der Waals surface area contributed by atoms with Gasteiger partial charge in [0.2, 0.25) is 0 Å². The lowest BCUT2D eigenvalue weighted by atomic mass is 9.88. The van der Waals surface area contributed by atoms with Gasteiger partial charge in [-0.25, -0.2) is 8.78 Å². The summed E-state index contributed by atoms with van der Waals surface area (Å²) in [4.78, 5) is 28.6. The van der Waals surface area contributed by atoms with Crippen molar-refractivity contribution in [1.29, 1.82) is 0 Å². The number of furan rings is 2. The van der Waals surface area contributed by atoms with Crippen LogP contribution in [0.25, 0.3) is 33.3 Å². The fraction of sp³-hybridized carbons (Fsp3) is 0.250. The third-order valence-electron chi connectivity index (χ3n) is 8.10. The van der Waals surface area contributed by atoms with Crippen LogP contribution in [0, 0.1) is 18.6 Å². The molecule has 1 saturated heterocycles. The lowest BCUT2D eigenvalue weighted by Gasteiger charge is -2.34. The number of nitrogens with one attached hydrogen (secondary N) is 1. The molecule has 0 saturated carbocycles. The normalized spacial score (nSPS) is 15.3. The average molecular weight is 606 g/mol. The molecule has 1 atom stereocenters. The van der Waals surface area contributed by atoms with Crippen LogP contribution >= 0.6 is 12.2 Å². The summed E-state index contributed by atoms with van der Waals surface area (Å²) in [5, 5.41) is 3.80. The second kappa shape index (κ2) is 11.4. The molecule has 3 heterocycles. The number of halogens is 2. The number of amides is 2. The lowest BCUT2D eigenvalue weighted by molar-refractivity contribution is 0.0676. The van der Waals surface area contributed by atoms with Gasteiger partial charge >= 0.3 is 0 Å². The van der Waals surface area contributed by atoms with E-state index in [0.717, 1.165) is 12.0 Å². The maximum Gasteiger partial charge on any atom is 0.289 e. The molecule has 1 aliphatic heterocycles. The Kier molecular flexibility index (Phi) is 7.61. The number of fused-ring (bicyclic) bond motifs is 2. The highest BCUT2D eigenvalue weighted by molar-refractivity contribution is 7.95. The van der Waals surface area contributed by atoms with Gasteiger partial charge in [-0.3, -0.25) is 13.9 Å². The third-order valence-corrected chi connectivity index (χ3v) is 8.54. The van der Waals surface area contributed by atoms with Crippen LogP contribution in [0.4, 0.5) is 14.5 Å². The van der Waals surface area contributed by atoms with E-state index in [1.165, 1.54) is 37.4 Å². The van der Waals surface area contributed by atoms with E-state index in [-0.39, 0.29) is 23.5 Å². The van der Waals surface area contributed by atoms with Gasteiger partial charge < -0.3 is 23.6 Å². The average Bonchev–Trinajstić information content (AvgIpc) is 3.56. The fourth-order valence-electron chi connectivity index (χ4n) is 5.90. The Labute approximate surface area is 250 Å². The summed E-state index contributed by atoms with van der Waals surface area (Å²) >= 11 is 0.538. The second-order valence-electron chi connectivity index (χ2n) is 10.7. The molecule has 8 nitrogen and oxygen atoms in total. The molecule has 222 valence electrons. The zero-order chi connectivity index (χ0) is 30.4. The van der Waals surface area contributed by atoms with Crippen molar-refractivity contribution < 1.29 is 31.8 Å². The monoisotopic (exact) mass is 605 g/mol. The predicted molar refractivity (Wildman–Crippen MR) is 162 cm³/mol. The quantitative estimate of drug-likeness (QED) is 0.154. The summed E-state index contributed by atoms with van der Waals surface area (Å²) in [6.45, 7) is 2.63. The van der Waals surface area contributed by atoms with Crippen molar-refractivity contribution in [1.82, 2.24) is 10.2 Å². The summed E-state index contributed by atoms with van der Waals surface area (Å²) in [6.07, 6.45) is 1.47. The van der Waals surface area contributed by atoms with Crippen LogP contribution in [0.5, 0.6) is 0 Å². The van der Waals surface area contributed by atoms with Gasteiger partial charge in [0.1, 0.15) is 40.8 Å². The van der Waals surface area contributed by atoms with Gasteiger partial charge in [0.25, 0.3) is 11.8 Å². The lowest BCUT2D eigenvalue weighted by Crippen LogP contribution is -2.39. The van der Waals surface area contributed by atoms with E-state index in [0.29, 0.717) is 81.8 Å². The van der Waals surface area contributed by atoms with E-state index in [2.05, 4.69) is 5.32 Å². The first-order chi connectivity index (χ1) is 20.7. The van der Waals surface area contributed by atoms with Crippen LogP contribution < -0.4 is 9.62 Å². The molecule has 2 aromatic heterocycles. The van der Waals surface area contributed by atoms with Crippen LogP contribution in [-0.2, 0) is 0 Å². The number of hydrogen-bond acceptors (Lipinski definition) is 7. The SMILES string of the molecule is CNC(=O)c1c(-c2ccc(F)cc2)oc2cc(N(C)SO)c(C3CCCN(C(=O)c4oc5ccc(F)cc5c4C)C3)cc12. The minimum atomic E-state index is -0.408. The van der Waals surface area contributed by atoms with E-state index in [9.17, 15) is 22.9 Å². The Bertz CT molecular complexity index is 1870. The summed E-state index contributed by atoms with van der Waals surface area (Å²) in [7, 11) is 3.24. The Morgan fingerprint density at radius 3 is 2.49 bits per heavy atom. The van der Waals surface area contributed by atoms with Crippen LogP contribution in [-0.4, -0.2) is 48.5 Å². The minimum absolute atomic E-state index is 0.143. The fourth-order valence-corrected chi connectivity index (χ4v) is 6.15. The number of rotatable bonds is 6. The number of anilines is 1. The Morgan fingerprint density at radius 2 is 1.77 bits per heavy atom. The Hall–Kier alpha value is -4.35. The van der Waals surface area contributed by atoms with E-state index < -0.39 is 11.6 Å². The molecule has 6 rings (SSSR count). The van der Waals surface area contributed by atoms with Gasteiger partial charge in [-0.15, -0.1) is 0 Å². The smallest absolute Gasteiger partial charge is 0.289 e. The third kappa shape index (κ3) is 5.12. The molecular formula is C32H29F2N3O5S. The summed E-state index contributed by atoms with van der Waals surface area (Å²) in [6, 6.07) is 13.5. The molecule has 0 spiro atoms. The van der Waals surface area contributed by atoms with Crippen molar-refractivity contribution in [2.24, 2.45) is 0 Å². The summed E-state index contributed by atoms with van der Waals surface area (Å²) in [5.74, 6) is -1.11. The largest absolute Gasteiger partial charge is 0.455 e. The Morgan fingerprint density at radius 1 is 1.02 bits per heavy atom. The van der Waals surface area contributed by atoms with Crippen molar-refractivity contribution in [2.75, 3.05) is 31.5 Å². The number of benzene rings is 3. The number of nitrogens with zero attached hydrogens (tertiary/aromatic N) is 2. The molecule has 11 heteroatoms. The zero-order valence-corrected chi connectivity index (χ0v) is 24.6. The number of piperidine rings is 1. The number of likely N-dealkylation sites (tertiary alicyclic amines) is 1. The van der Waals surface area contributed by atoms with Crippen LogP contribution in [0.1, 0.15) is 50.8 Å². The molecule has 2 amide bonds. The topological polar surface area (TPSA) is 99.2 Å². The van der Waals surface area contributed by atoms with E-state index >= 15 is 0 Å². The highest BCUT2D eigenvalue weighted by Gasteiger charge is 2.32. The number of aryl methyl sites for hydroxylation is 1. The van der Waals surface area contributed by atoms with E-state index in [4.69, 9.17) is 8.83 Å². The summed E-state index contributed by atoms with van der Waals surface area (Å²) < 4.78 is 51.2. The first-order valence-electron chi connectivity index (χ1n) is 13.8. The maximum absolute atomic E-state index is 13.9. The van der Waals surface area contributed by atoms with Gasteiger partial charge in [-0.1, -0.05) is 0 Å². The van der Waals surface area contributed by atoms with Gasteiger partial charge in [0.15, 0.2) is 5.76 Å². The molecule has 5 aromatic rings. The highest BCUT2D eigenvalue weighted by Crippen LogP contribution is 2.42. The Balaban J connectivity index is 1.42. The van der Waals surface area contributed by atoms with Crippen LogP contribution in [0.15, 0.2) is 63.4 Å². The molecule has 3 aromatic carbocycles. The van der Waals surface area contributed by atoms with E-state index in [1.807, 2.05) is 6.07 Å². The minimum Gasteiger partial charge on any atom is -0.455 e. The second-order valence-corrected chi connectivity index (χ2v) is 11.4. The maximum atomic E-state index is 13.9. The van der Waals surface area contributed by atoms with Crippen LogP contribution in [0.2, 0.25) is 0 Å². The van der Waals surface area contributed by atoms with Gasteiger partial charge in [0.05, 0.1) is 11.3 Å². The first-order valence-corrected chi connectivity index (χ1v) is 14.5. The van der Waals surface area contributed by atoms with Crippen molar-refractivity contribution in [2.45, 2.75) is 25.7 Å². The predicted octanol–water partition coefficient (Wildman–Crippen LogP) is 7.37. The standard InChI is InChI=1S/C32H29F2N3O5S/c1-17-22-13-21(34)10-11-26(22)41-29(17)32(39)37-12-4-5-19(16-37)23-14-24-27(15-25(23)36(3)43-40)42-30(28(24)31(38)35-2)18-6-8-20(33)9-7-18/h6-11,13-15,19,40H,4-5,12,16H2,1-3H3,(H,35,38). The van der Waals surface area contributed by atoms with Gasteiger partial charge in [-0.2, -0.15) is 0 Å². The molecular weight excluding hydrogens is 576 g/mol. The number of hydrogen-bond donors (Lipinski definition) is 2. The summed E-state index contributed by atoms with van der Waals surface area (Å²) in [5.41, 5.74) is 3.80. The van der Waals surface area contributed by atoms with Crippen molar-refractivity contribution in [3.63, 3.8) is 0 Å². The van der Waals surface area contributed by atoms with Gasteiger partial charge in [-0.05, 0) is 73.9 Å². The van der Waals surface area contributed by atoms with Crippen LogP contribution in [0.3, 0.4) is 0 Å². The highest BCUT2D eigenvalue weighted by atomic mass is 32.2. The molecule has 0 radical (unpaired) electrons.